The second-order valence-corrected chi connectivity index (χ2v) is 7.70. The van der Waals surface area contributed by atoms with Gasteiger partial charge in [0.2, 0.25) is 5.43 Å². The number of hydrogen-bond donors (Lipinski definition) is 3. The Kier molecular flexibility index (Phi) is 4.70. The second kappa shape index (κ2) is 7.59. The largest absolute Gasteiger partial charge is 0.508 e. The van der Waals surface area contributed by atoms with Crippen LogP contribution in [0.5, 0.6) is 28.7 Å². The zero-order valence-corrected chi connectivity index (χ0v) is 17.4. The first-order valence-electron chi connectivity index (χ1n) is 10.1. The van der Waals surface area contributed by atoms with Crippen LogP contribution in [0.4, 0.5) is 0 Å². The number of hydrogen-bond acceptors (Lipinski definition) is 8. The molecule has 166 valence electrons. The highest BCUT2D eigenvalue weighted by atomic mass is 16.5. The quantitative estimate of drug-likeness (QED) is 0.318. The first-order valence-corrected chi connectivity index (χ1v) is 10.1. The van der Waals surface area contributed by atoms with E-state index >= 15 is 0 Å². The van der Waals surface area contributed by atoms with Crippen molar-refractivity contribution in [3.63, 3.8) is 0 Å². The van der Waals surface area contributed by atoms with Crippen molar-refractivity contribution in [3.8, 4) is 39.9 Å². The van der Waals surface area contributed by atoms with Crippen LogP contribution in [0.2, 0.25) is 0 Å². The molecule has 0 unspecified atom stereocenters. The molecule has 0 spiro atoms. The SMILES string of the molecule is COc1ccc([C@H]2CC(=O)Oc3cc(O)c4c(=O)c(-c5ccc(O)cc5)coc4c32)cc1O. The van der Waals surface area contributed by atoms with E-state index in [1.54, 1.807) is 24.3 Å². The molecule has 1 aliphatic heterocycles. The van der Waals surface area contributed by atoms with E-state index in [1.165, 1.54) is 37.6 Å². The first-order chi connectivity index (χ1) is 15.9. The summed E-state index contributed by atoms with van der Waals surface area (Å²) in [6.07, 6.45) is 1.22. The van der Waals surface area contributed by atoms with E-state index in [1.807, 2.05) is 0 Å². The highest BCUT2D eigenvalue weighted by Crippen LogP contribution is 2.46. The van der Waals surface area contributed by atoms with Crippen molar-refractivity contribution >= 4 is 16.9 Å². The fourth-order valence-corrected chi connectivity index (χ4v) is 4.18. The molecule has 8 nitrogen and oxygen atoms in total. The van der Waals surface area contributed by atoms with Crippen molar-refractivity contribution in [2.75, 3.05) is 7.11 Å². The minimum atomic E-state index is -0.594. The summed E-state index contributed by atoms with van der Waals surface area (Å²) < 4.78 is 16.3. The molecular formula is C25H18O8. The van der Waals surface area contributed by atoms with Crippen LogP contribution in [-0.4, -0.2) is 28.4 Å². The van der Waals surface area contributed by atoms with Crippen molar-refractivity contribution in [1.29, 1.82) is 0 Å². The van der Waals surface area contributed by atoms with E-state index in [0.29, 0.717) is 16.7 Å². The van der Waals surface area contributed by atoms with Crippen molar-refractivity contribution in [1.82, 2.24) is 0 Å². The van der Waals surface area contributed by atoms with Crippen LogP contribution in [0.3, 0.4) is 0 Å². The maximum absolute atomic E-state index is 13.3. The standard InChI is InChI=1S/C25H18O8/c1-31-19-7-4-13(8-17(19)27)15-9-21(29)33-20-10-18(28)23-24(30)16(11-32-25(23)22(15)20)12-2-5-14(26)6-3-12/h2-8,10-11,15,26-28H,9H2,1H3/t15-/m1/s1. The minimum absolute atomic E-state index is 0.0493. The molecule has 3 aromatic carbocycles. The van der Waals surface area contributed by atoms with Crippen LogP contribution < -0.4 is 14.9 Å². The molecule has 1 aromatic heterocycles. The smallest absolute Gasteiger partial charge is 0.312 e. The summed E-state index contributed by atoms with van der Waals surface area (Å²) in [6.45, 7) is 0. The molecule has 1 aliphatic rings. The Labute approximate surface area is 186 Å². The summed E-state index contributed by atoms with van der Waals surface area (Å²) >= 11 is 0. The fourth-order valence-electron chi connectivity index (χ4n) is 4.18. The third kappa shape index (κ3) is 3.32. The number of phenols is 3. The molecule has 8 heteroatoms. The number of carbonyl (C=O) groups excluding carboxylic acids is 1. The van der Waals surface area contributed by atoms with Gasteiger partial charge in [0.1, 0.15) is 34.5 Å². The Morgan fingerprint density at radius 3 is 2.42 bits per heavy atom. The van der Waals surface area contributed by atoms with Gasteiger partial charge in [0, 0.05) is 17.5 Å². The zero-order valence-electron chi connectivity index (χ0n) is 17.4. The van der Waals surface area contributed by atoms with E-state index in [9.17, 15) is 24.9 Å². The van der Waals surface area contributed by atoms with Gasteiger partial charge in [-0.1, -0.05) is 18.2 Å². The molecule has 0 fully saturated rings. The molecule has 0 aliphatic carbocycles. The zero-order chi connectivity index (χ0) is 23.3. The molecule has 0 saturated carbocycles. The topological polar surface area (TPSA) is 126 Å². The number of benzene rings is 3. The van der Waals surface area contributed by atoms with E-state index in [2.05, 4.69) is 0 Å². The normalized spacial score (nSPS) is 15.2. The van der Waals surface area contributed by atoms with Crippen LogP contribution in [0.25, 0.3) is 22.1 Å². The van der Waals surface area contributed by atoms with Crippen LogP contribution in [0, 0.1) is 0 Å². The second-order valence-electron chi connectivity index (χ2n) is 7.70. The predicted octanol–water partition coefficient (Wildman–Crippen LogP) is 4.03. The molecule has 0 bridgehead atoms. The Balaban J connectivity index is 1.75. The third-order valence-corrected chi connectivity index (χ3v) is 5.75. The molecule has 1 atom stereocenters. The number of fused-ring (bicyclic) bond motifs is 3. The summed E-state index contributed by atoms with van der Waals surface area (Å²) in [6, 6.07) is 12.0. The fraction of sp³-hybridized carbons (Fsp3) is 0.120. The van der Waals surface area contributed by atoms with Crippen LogP contribution in [0.1, 0.15) is 23.5 Å². The molecule has 2 heterocycles. The molecule has 3 N–H and O–H groups in total. The van der Waals surface area contributed by atoms with Gasteiger partial charge < -0.3 is 29.2 Å². The summed E-state index contributed by atoms with van der Waals surface area (Å²) in [5.41, 5.74) is 1.32. The van der Waals surface area contributed by atoms with Gasteiger partial charge in [0.05, 0.1) is 19.1 Å². The van der Waals surface area contributed by atoms with Gasteiger partial charge in [-0.3, -0.25) is 9.59 Å². The third-order valence-electron chi connectivity index (χ3n) is 5.75. The summed E-state index contributed by atoms with van der Waals surface area (Å²) in [7, 11) is 1.43. The average molecular weight is 446 g/mol. The Morgan fingerprint density at radius 2 is 1.73 bits per heavy atom. The maximum atomic E-state index is 13.3. The summed E-state index contributed by atoms with van der Waals surface area (Å²) in [5.74, 6) is -1.20. The summed E-state index contributed by atoms with van der Waals surface area (Å²) in [4.78, 5) is 25.6. The monoisotopic (exact) mass is 446 g/mol. The van der Waals surface area contributed by atoms with Gasteiger partial charge in [-0.15, -0.1) is 0 Å². The number of rotatable bonds is 3. The number of aromatic hydroxyl groups is 3. The van der Waals surface area contributed by atoms with Crippen molar-refractivity contribution < 1.29 is 34.0 Å². The van der Waals surface area contributed by atoms with Crippen molar-refractivity contribution in [3.05, 3.63) is 76.1 Å². The Hall–Kier alpha value is -4.46. The molecule has 5 rings (SSSR count). The van der Waals surface area contributed by atoms with Crippen LogP contribution >= 0.6 is 0 Å². The number of methoxy groups -OCH3 is 1. The maximum Gasteiger partial charge on any atom is 0.312 e. The lowest BCUT2D eigenvalue weighted by molar-refractivity contribution is -0.135. The van der Waals surface area contributed by atoms with E-state index < -0.39 is 17.3 Å². The van der Waals surface area contributed by atoms with Crippen molar-refractivity contribution in [2.45, 2.75) is 12.3 Å². The van der Waals surface area contributed by atoms with Crippen LogP contribution in [0.15, 0.2) is 64.0 Å². The van der Waals surface area contributed by atoms with E-state index in [-0.39, 0.29) is 51.7 Å². The highest BCUT2D eigenvalue weighted by Gasteiger charge is 2.34. The minimum Gasteiger partial charge on any atom is -0.508 e. The van der Waals surface area contributed by atoms with Gasteiger partial charge in [-0.2, -0.15) is 0 Å². The Bertz CT molecular complexity index is 1470. The van der Waals surface area contributed by atoms with Gasteiger partial charge in [-0.25, -0.2) is 0 Å². The van der Waals surface area contributed by atoms with E-state index in [4.69, 9.17) is 13.9 Å². The number of esters is 1. The van der Waals surface area contributed by atoms with Gasteiger partial charge >= 0.3 is 5.97 Å². The lowest BCUT2D eigenvalue weighted by Crippen LogP contribution is -2.22. The van der Waals surface area contributed by atoms with Gasteiger partial charge in [0.25, 0.3) is 0 Å². The van der Waals surface area contributed by atoms with Gasteiger partial charge in [-0.05, 0) is 35.4 Å². The molecule has 0 saturated heterocycles. The first kappa shape index (κ1) is 20.4. The molecular weight excluding hydrogens is 428 g/mol. The molecule has 0 radical (unpaired) electrons. The van der Waals surface area contributed by atoms with Gasteiger partial charge in [0.15, 0.2) is 11.5 Å². The lowest BCUT2D eigenvalue weighted by Gasteiger charge is -2.26. The molecule has 33 heavy (non-hydrogen) atoms. The molecule has 0 amide bonds. The van der Waals surface area contributed by atoms with Crippen molar-refractivity contribution in [2.24, 2.45) is 0 Å². The number of carbonyl (C=O) groups is 1. The van der Waals surface area contributed by atoms with Crippen LogP contribution in [-0.2, 0) is 4.79 Å². The van der Waals surface area contributed by atoms with E-state index in [0.717, 1.165) is 0 Å². The number of phenolic OH excluding ortho intramolecular Hbond substituents is 3. The average Bonchev–Trinajstić information content (AvgIpc) is 2.79. The predicted molar refractivity (Wildman–Crippen MR) is 118 cm³/mol. The summed E-state index contributed by atoms with van der Waals surface area (Å²) in [5, 5.41) is 30.3. The molecule has 4 aromatic rings. The lowest BCUT2D eigenvalue weighted by atomic mass is 9.84. The number of ether oxygens (including phenoxy) is 2. The highest BCUT2D eigenvalue weighted by molar-refractivity contribution is 5.94. The Morgan fingerprint density at radius 1 is 0.970 bits per heavy atom.